The number of allylic oxidation sites excluding steroid dienone is 1. The van der Waals surface area contributed by atoms with Gasteiger partial charge in [-0.2, -0.15) is 0 Å². The second kappa shape index (κ2) is 10.6. The summed E-state index contributed by atoms with van der Waals surface area (Å²) in [5.74, 6) is 3.26. The fourth-order valence-electron chi connectivity index (χ4n) is 4.52. The van der Waals surface area contributed by atoms with Crippen molar-refractivity contribution in [2.75, 3.05) is 20.2 Å². The number of nitrogens with one attached hydrogen (secondary N) is 2. The van der Waals surface area contributed by atoms with Crippen LogP contribution in [0.25, 0.3) is 17.1 Å². The second-order valence-electron chi connectivity index (χ2n) is 8.81. The summed E-state index contributed by atoms with van der Waals surface area (Å²) in [5, 5.41) is 15.5. The molecule has 2 heterocycles. The van der Waals surface area contributed by atoms with Crippen molar-refractivity contribution in [1.82, 2.24) is 14.5 Å². The lowest BCUT2D eigenvalue weighted by molar-refractivity contribution is 0.130. The number of nitrogens with zero attached hydrogens (tertiary/aromatic N) is 3. The average molecular weight is 475 g/mol. The smallest absolute Gasteiger partial charge is 0.126 e. The van der Waals surface area contributed by atoms with E-state index >= 15 is 0 Å². The predicted octanol–water partition coefficient (Wildman–Crippen LogP) is 4.45. The third-order valence-corrected chi connectivity index (χ3v) is 6.46. The molecule has 0 spiro atoms. The lowest BCUT2D eigenvalue weighted by atomic mass is 10.1. The number of aromatic nitrogens is 2. The van der Waals surface area contributed by atoms with Gasteiger partial charge in [-0.1, -0.05) is 19.1 Å². The molecule has 0 aliphatic carbocycles. The zero-order chi connectivity index (χ0) is 24.9. The van der Waals surface area contributed by atoms with Crippen LogP contribution in [0.15, 0.2) is 42.5 Å². The average Bonchev–Trinajstić information content (AvgIpc) is 3.21. The Hall–Kier alpha value is -3.81. The number of nitrogens with two attached hydrogens (primary N) is 1. The second-order valence-corrected chi connectivity index (χ2v) is 8.81. The number of aryl methyl sites for hydroxylation is 1. The van der Waals surface area contributed by atoms with E-state index in [-0.39, 0.29) is 11.9 Å². The van der Waals surface area contributed by atoms with Crippen molar-refractivity contribution in [3.63, 3.8) is 0 Å². The number of hydrogen-bond donors (Lipinski definition) is 3. The summed E-state index contributed by atoms with van der Waals surface area (Å²) in [7, 11) is 1.64. The Morgan fingerprint density at radius 3 is 2.60 bits per heavy atom. The van der Waals surface area contributed by atoms with Crippen LogP contribution in [0.4, 0.5) is 0 Å². The zero-order valence-electron chi connectivity index (χ0n) is 20.7. The number of hydrogen-bond acceptors (Lipinski definition) is 5. The molecule has 1 fully saturated rings. The topological polar surface area (TPSA) is 113 Å². The highest BCUT2D eigenvalue weighted by molar-refractivity contribution is 5.95. The highest BCUT2D eigenvalue weighted by Crippen LogP contribution is 2.26. The maximum Gasteiger partial charge on any atom is 0.126 e. The van der Waals surface area contributed by atoms with Crippen molar-refractivity contribution >= 4 is 28.8 Å². The first-order valence-corrected chi connectivity index (χ1v) is 12.0. The first kappa shape index (κ1) is 24.3. The molecular weight excluding hydrogens is 440 g/mol. The number of piperidine rings is 1. The predicted molar refractivity (Wildman–Crippen MR) is 141 cm³/mol. The first-order chi connectivity index (χ1) is 16.9. The minimum Gasteiger partial charge on any atom is -0.496 e. The van der Waals surface area contributed by atoms with Gasteiger partial charge in [0.2, 0.25) is 0 Å². The Labute approximate surface area is 206 Å². The Bertz CT molecular complexity index is 1250. The van der Waals surface area contributed by atoms with Gasteiger partial charge in [0.05, 0.1) is 24.0 Å². The molecule has 0 bridgehead atoms. The number of methoxy groups -OCH3 is 1. The van der Waals surface area contributed by atoms with Gasteiger partial charge in [-0.05, 0) is 37.3 Å². The molecule has 4 rings (SSSR count). The lowest BCUT2D eigenvalue weighted by Gasteiger charge is -2.32. The molecule has 1 aliphatic heterocycles. The number of amidine groups is 2. The molecule has 0 radical (unpaired) electrons. The van der Waals surface area contributed by atoms with E-state index in [1.807, 2.05) is 37.3 Å². The van der Waals surface area contributed by atoms with Gasteiger partial charge in [-0.15, -0.1) is 0 Å². The first-order valence-electron chi connectivity index (χ1n) is 12.0. The van der Waals surface area contributed by atoms with Gasteiger partial charge in [-0.25, -0.2) is 4.98 Å². The molecule has 2 aromatic carbocycles. The van der Waals surface area contributed by atoms with Crippen LogP contribution in [-0.4, -0.2) is 52.4 Å². The van der Waals surface area contributed by atoms with Crippen LogP contribution >= 0.6 is 0 Å². The minimum atomic E-state index is 0.0299. The van der Waals surface area contributed by atoms with Gasteiger partial charge < -0.3 is 24.7 Å². The summed E-state index contributed by atoms with van der Waals surface area (Å²) >= 11 is 0. The monoisotopic (exact) mass is 474 g/mol. The van der Waals surface area contributed by atoms with Gasteiger partial charge in [-0.3, -0.25) is 10.8 Å². The molecule has 184 valence electrons. The molecule has 1 aliphatic rings. The molecule has 1 aromatic heterocycles. The largest absolute Gasteiger partial charge is 0.496 e. The molecule has 1 saturated heterocycles. The van der Waals surface area contributed by atoms with Crippen molar-refractivity contribution in [2.45, 2.75) is 45.8 Å². The number of imidazole rings is 1. The Kier molecular flexibility index (Phi) is 7.39. The van der Waals surface area contributed by atoms with Crippen LogP contribution in [0.3, 0.4) is 0 Å². The van der Waals surface area contributed by atoms with Crippen molar-refractivity contribution in [3.8, 4) is 11.5 Å². The van der Waals surface area contributed by atoms with Crippen molar-refractivity contribution < 1.29 is 9.47 Å². The van der Waals surface area contributed by atoms with E-state index in [0.29, 0.717) is 17.9 Å². The number of likely N-dealkylation sites (tertiary alicyclic amines) is 1. The number of ether oxygens (including phenoxy) is 2. The fourth-order valence-corrected chi connectivity index (χ4v) is 4.52. The van der Waals surface area contributed by atoms with Crippen LogP contribution in [0.1, 0.15) is 43.6 Å². The van der Waals surface area contributed by atoms with Crippen LogP contribution in [-0.2, 0) is 13.0 Å². The Morgan fingerprint density at radius 2 is 1.94 bits per heavy atom. The van der Waals surface area contributed by atoms with E-state index in [1.165, 1.54) is 0 Å². The summed E-state index contributed by atoms with van der Waals surface area (Å²) in [5.41, 5.74) is 9.19. The minimum absolute atomic E-state index is 0.0299. The Balaban J connectivity index is 1.54. The van der Waals surface area contributed by atoms with Crippen LogP contribution < -0.4 is 15.2 Å². The summed E-state index contributed by atoms with van der Waals surface area (Å²) in [6.45, 7) is 6.31. The SMILES string of the molecule is CCc1nc2ccc(OC3CCN(C(C)=N)CC3)cc2n1C/C=C/c1cc(C(=N)N)ccc1OC. The van der Waals surface area contributed by atoms with E-state index in [2.05, 4.69) is 28.5 Å². The summed E-state index contributed by atoms with van der Waals surface area (Å²) < 4.78 is 14.0. The Morgan fingerprint density at radius 1 is 1.17 bits per heavy atom. The summed E-state index contributed by atoms with van der Waals surface area (Å²) in [6, 6.07) is 11.6. The van der Waals surface area contributed by atoms with E-state index in [0.717, 1.165) is 66.3 Å². The molecule has 0 unspecified atom stereocenters. The standard InChI is InChI=1S/C27H34N6O2/c1-4-26-31-23-9-8-22(35-21-11-14-32(15-12-21)18(2)28)17-24(23)33(26)13-5-6-19-16-20(27(29)30)7-10-25(19)34-3/h5-10,16-17,21,28H,4,11-15H2,1-3H3,(H3,29,30)/b6-5+,28-18?. The molecule has 35 heavy (non-hydrogen) atoms. The molecule has 8 heteroatoms. The molecular formula is C27H34N6O2. The maximum atomic E-state index is 7.82. The van der Waals surface area contributed by atoms with Crippen LogP contribution in [0.2, 0.25) is 0 Å². The molecule has 0 atom stereocenters. The highest BCUT2D eigenvalue weighted by atomic mass is 16.5. The van der Waals surface area contributed by atoms with Gasteiger partial charge in [0.15, 0.2) is 0 Å². The zero-order valence-corrected chi connectivity index (χ0v) is 20.7. The van der Waals surface area contributed by atoms with Gasteiger partial charge in [0.25, 0.3) is 0 Å². The molecule has 0 saturated carbocycles. The quantitative estimate of drug-likeness (QED) is 0.330. The normalized spacial score (nSPS) is 14.5. The molecule has 3 aromatic rings. The molecule has 0 amide bonds. The van der Waals surface area contributed by atoms with Gasteiger partial charge >= 0.3 is 0 Å². The number of benzene rings is 2. The number of fused-ring (bicyclic) bond motifs is 1. The van der Waals surface area contributed by atoms with Gasteiger partial charge in [0, 0.05) is 56.1 Å². The van der Waals surface area contributed by atoms with Crippen LogP contribution in [0.5, 0.6) is 11.5 Å². The third kappa shape index (κ3) is 5.48. The fraction of sp³-hybridized carbons (Fsp3) is 0.370. The number of nitrogen functional groups attached to an aromatic ring is 1. The van der Waals surface area contributed by atoms with E-state index in [1.54, 1.807) is 13.2 Å². The third-order valence-electron chi connectivity index (χ3n) is 6.46. The molecule has 8 nitrogen and oxygen atoms in total. The summed E-state index contributed by atoms with van der Waals surface area (Å²) in [4.78, 5) is 6.92. The van der Waals surface area contributed by atoms with E-state index in [4.69, 9.17) is 31.0 Å². The maximum absolute atomic E-state index is 7.82. The van der Waals surface area contributed by atoms with Crippen molar-refractivity contribution in [3.05, 3.63) is 59.4 Å². The van der Waals surface area contributed by atoms with E-state index in [9.17, 15) is 0 Å². The lowest BCUT2D eigenvalue weighted by Crippen LogP contribution is -2.40. The highest BCUT2D eigenvalue weighted by Gasteiger charge is 2.21. The number of rotatable bonds is 8. The summed E-state index contributed by atoms with van der Waals surface area (Å²) in [6.07, 6.45) is 6.88. The van der Waals surface area contributed by atoms with Crippen LogP contribution in [0, 0.1) is 10.8 Å². The van der Waals surface area contributed by atoms with Crippen molar-refractivity contribution in [1.29, 1.82) is 10.8 Å². The van der Waals surface area contributed by atoms with E-state index < -0.39 is 0 Å². The molecule has 4 N–H and O–H groups in total. The van der Waals surface area contributed by atoms with Crippen molar-refractivity contribution in [2.24, 2.45) is 5.73 Å². The van der Waals surface area contributed by atoms with Gasteiger partial charge in [0.1, 0.15) is 29.3 Å².